The molecule has 1 heterocycles. The number of hydrogen-bond donors (Lipinski definition) is 0. The molecule has 1 saturated heterocycles. The first-order valence-corrected chi connectivity index (χ1v) is 6.77. The smallest absolute Gasteiger partial charge is 0.119 e. The van der Waals surface area contributed by atoms with E-state index in [1.54, 1.807) is 7.11 Å². The number of likely N-dealkylation sites (tertiary alicyclic amines) is 1. The molecule has 1 aromatic carbocycles. The second-order valence-corrected chi connectivity index (χ2v) is 5.61. The maximum absolute atomic E-state index is 5.34. The molecule has 1 aromatic rings. The normalized spacial score (nSPS) is 31.3. The van der Waals surface area contributed by atoms with Gasteiger partial charge in [0.25, 0.3) is 0 Å². The number of nitrogens with zero attached hydrogens (tertiary/aromatic N) is 1. The minimum Gasteiger partial charge on any atom is -0.497 e. The van der Waals surface area contributed by atoms with Crippen LogP contribution in [0.1, 0.15) is 17.9 Å². The largest absolute Gasteiger partial charge is 0.497 e. The molecule has 0 radical (unpaired) electrons. The zero-order valence-corrected chi connectivity index (χ0v) is 11.2. The van der Waals surface area contributed by atoms with Gasteiger partial charge in [-0.15, -0.1) is 0 Å². The van der Waals surface area contributed by atoms with Crippen LogP contribution < -0.4 is 4.74 Å². The third kappa shape index (κ3) is 2.05. The number of allylic oxidation sites excluding steroid dienone is 2. The van der Waals surface area contributed by atoms with E-state index >= 15 is 0 Å². The molecule has 2 nitrogen and oxygen atoms in total. The van der Waals surface area contributed by atoms with Gasteiger partial charge in [0.15, 0.2) is 0 Å². The Bertz CT molecular complexity index is 454. The van der Waals surface area contributed by atoms with Gasteiger partial charge < -0.3 is 9.64 Å². The van der Waals surface area contributed by atoms with Crippen LogP contribution in [0.15, 0.2) is 36.4 Å². The Balaban J connectivity index is 1.90. The van der Waals surface area contributed by atoms with E-state index in [0.717, 1.165) is 17.6 Å². The summed E-state index contributed by atoms with van der Waals surface area (Å²) in [5, 5.41) is 0. The van der Waals surface area contributed by atoms with Crippen molar-refractivity contribution in [3.05, 3.63) is 42.0 Å². The van der Waals surface area contributed by atoms with Crippen molar-refractivity contribution in [2.75, 3.05) is 27.2 Å². The predicted molar refractivity (Wildman–Crippen MR) is 74.0 cm³/mol. The van der Waals surface area contributed by atoms with E-state index in [1.807, 2.05) is 6.07 Å². The third-order valence-electron chi connectivity index (χ3n) is 4.40. The highest BCUT2D eigenvalue weighted by molar-refractivity contribution is 5.34. The Kier molecular flexibility index (Phi) is 3.13. The van der Waals surface area contributed by atoms with E-state index in [2.05, 4.69) is 42.3 Å². The standard InChI is InChI=1S/C16H21NO/c1-17-10-13-6-4-8-15(16(13)11-17)12-5-3-7-14(9-12)18-2/h3-5,7-9,13,15-16H,6,10-11H2,1-2H3/t13-,15-,16+/m0/s1. The zero-order valence-electron chi connectivity index (χ0n) is 11.2. The van der Waals surface area contributed by atoms with Crippen molar-refractivity contribution in [3.63, 3.8) is 0 Å². The summed E-state index contributed by atoms with van der Waals surface area (Å²) in [4.78, 5) is 2.47. The minimum absolute atomic E-state index is 0.559. The molecule has 3 atom stereocenters. The fourth-order valence-electron chi connectivity index (χ4n) is 3.53. The molecular formula is C16H21NO. The van der Waals surface area contributed by atoms with Gasteiger partial charge in [-0.3, -0.25) is 0 Å². The lowest BCUT2D eigenvalue weighted by atomic mass is 9.75. The van der Waals surface area contributed by atoms with E-state index in [9.17, 15) is 0 Å². The number of benzene rings is 1. The number of rotatable bonds is 2. The quantitative estimate of drug-likeness (QED) is 0.741. The van der Waals surface area contributed by atoms with Gasteiger partial charge >= 0.3 is 0 Å². The number of fused-ring (bicyclic) bond motifs is 1. The molecule has 0 N–H and O–H groups in total. The van der Waals surface area contributed by atoms with E-state index in [0.29, 0.717) is 5.92 Å². The van der Waals surface area contributed by atoms with Crippen LogP contribution in [0.4, 0.5) is 0 Å². The Hall–Kier alpha value is -1.28. The fourth-order valence-corrected chi connectivity index (χ4v) is 3.53. The summed E-state index contributed by atoms with van der Waals surface area (Å²) in [6, 6.07) is 8.55. The Labute approximate surface area is 109 Å². The van der Waals surface area contributed by atoms with Crippen molar-refractivity contribution in [2.24, 2.45) is 11.8 Å². The molecule has 0 aromatic heterocycles. The van der Waals surface area contributed by atoms with Crippen LogP contribution in [0.2, 0.25) is 0 Å². The molecule has 18 heavy (non-hydrogen) atoms. The lowest BCUT2D eigenvalue weighted by Gasteiger charge is -2.29. The molecule has 2 aliphatic rings. The highest BCUT2D eigenvalue weighted by Gasteiger charge is 2.37. The number of hydrogen-bond acceptors (Lipinski definition) is 2. The van der Waals surface area contributed by atoms with Crippen molar-refractivity contribution < 1.29 is 4.74 Å². The van der Waals surface area contributed by atoms with Crippen LogP contribution in [-0.2, 0) is 0 Å². The second kappa shape index (κ2) is 4.77. The minimum atomic E-state index is 0.559. The Morgan fingerprint density at radius 3 is 3.00 bits per heavy atom. The molecule has 1 aliphatic carbocycles. The molecule has 0 bridgehead atoms. The fraction of sp³-hybridized carbons (Fsp3) is 0.500. The van der Waals surface area contributed by atoms with Crippen LogP contribution >= 0.6 is 0 Å². The molecule has 0 amide bonds. The molecular weight excluding hydrogens is 222 g/mol. The van der Waals surface area contributed by atoms with E-state index in [1.165, 1.54) is 25.1 Å². The summed E-state index contributed by atoms with van der Waals surface area (Å²) in [5.41, 5.74) is 1.40. The molecule has 0 saturated carbocycles. The first-order valence-electron chi connectivity index (χ1n) is 6.77. The first-order chi connectivity index (χ1) is 8.78. The lowest BCUT2D eigenvalue weighted by Crippen LogP contribution is -2.22. The van der Waals surface area contributed by atoms with Crippen molar-refractivity contribution in [1.29, 1.82) is 0 Å². The summed E-state index contributed by atoms with van der Waals surface area (Å²) in [6.07, 6.45) is 6.01. The van der Waals surface area contributed by atoms with Gasteiger partial charge in [-0.1, -0.05) is 24.3 Å². The van der Waals surface area contributed by atoms with E-state index in [4.69, 9.17) is 4.74 Å². The second-order valence-electron chi connectivity index (χ2n) is 5.61. The average molecular weight is 243 g/mol. The Morgan fingerprint density at radius 1 is 1.28 bits per heavy atom. The van der Waals surface area contributed by atoms with Gasteiger partial charge in [-0.25, -0.2) is 0 Å². The van der Waals surface area contributed by atoms with Crippen molar-refractivity contribution in [1.82, 2.24) is 4.90 Å². The zero-order chi connectivity index (χ0) is 12.5. The van der Waals surface area contributed by atoms with Crippen LogP contribution in [-0.4, -0.2) is 32.1 Å². The molecule has 0 unspecified atom stereocenters. The maximum Gasteiger partial charge on any atom is 0.119 e. The first kappa shape index (κ1) is 11.8. The van der Waals surface area contributed by atoms with Crippen LogP contribution in [0.3, 0.4) is 0 Å². The molecule has 0 spiro atoms. The topological polar surface area (TPSA) is 12.5 Å². The number of ether oxygens (including phenoxy) is 1. The highest BCUT2D eigenvalue weighted by atomic mass is 16.5. The third-order valence-corrected chi connectivity index (χ3v) is 4.40. The monoisotopic (exact) mass is 243 g/mol. The van der Waals surface area contributed by atoms with Gasteiger partial charge in [0.05, 0.1) is 7.11 Å². The van der Waals surface area contributed by atoms with E-state index in [-0.39, 0.29) is 0 Å². The molecule has 1 fully saturated rings. The summed E-state index contributed by atoms with van der Waals surface area (Å²) >= 11 is 0. The van der Waals surface area contributed by atoms with E-state index < -0.39 is 0 Å². The summed E-state index contributed by atoms with van der Waals surface area (Å²) in [5.74, 6) is 3.13. The number of methoxy groups -OCH3 is 1. The SMILES string of the molecule is COc1cccc([C@@H]2C=CC[C@H]3CN(C)C[C@H]32)c1. The highest BCUT2D eigenvalue weighted by Crippen LogP contribution is 2.41. The van der Waals surface area contributed by atoms with Gasteiger partial charge in [-0.2, -0.15) is 0 Å². The summed E-state index contributed by atoms with van der Waals surface area (Å²) in [6.45, 7) is 2.46. The maximum atomic E-state index is 5.34. The summed E-state index contributed by atoms with van der Waals surface area (Å²) in [7, 11) is 3.98. The molecule has 1 aliphatic heterocycles. The predicted octanol–water partition coefficient (Wildman–Crippen LogP) is 2.92. The van der Waals surface area contributed by atoms with Crippen LogP contribution in [0.25, 0.3) is 0 Å². The van der Waals surface area contributed by atoms with Crippen molar-refractivity contribution >= 4 is 0 Å². The van der Waals surface area contributed by atoms with Crippen LogP contribution in [0, 0.1) is 11.8 Å². The van der Waals surface area contributed by atoms with Gasteiger partial charge in [0.1, 0.15) is 5.75 Å². The van der Waals surface area contributed by atoms with Crippen LogP contribution in [0.5, 0.6) is 5.75 Å². The Morgan fingerprint density at radius 2 is 2.17 bits per heavy atom. The summed E-state index contributed by atoms with van der Waals surface area (Å²) < 4.78 is 5.34. The van der Waals surface area contributed by atoms with Gasteiger partial charge in [0.2, 0.25) is 0 Å². The van der Waals surface area contributed by atoms with Gasteiger partial charge in [0, 0.05) is 19.0 Å². The average Bonchev–Trinajstić information content (AvgIpc) is 2.78. The van der Waals surface area contributed by atoms with Gasteiger partial charge in [-0.05, 0) is 43.0 Å². The van der Waals surface area contributed by atoms with Crippen molar-refractivity contribution in [3.8, 4) is 5.75 Å². The molecule has 96 valence electrons. The van der Waals surface area contributed by atoms with Crippen molar-refractivity contribution in [2.45, 2.75) is 12.3 Å². The lowest BCUT2D eigenvalue weighted by molar-refractivity contribution is 0.366. The molecule has 2 heteroatoms. The molecule has 3 rings (SSSR count).